The molecule has 0 fully saturated rings. The number of halogens is 2. The second-order valence-electron chi connectivity index (χ2n) is 8.51. The van der Waals surface area contributed by atoms with Crippen molar-refractivity contribution in [3.8, 4) is 0 Å². The van der Waals surface area contributed by atoms with Crippen molar-refractivity contribution >= 4 is 62.3 Å². The maximum atomic E-state index is 13.9. The molecule has 0 saturated carbocycles. The van der Waals surface area contributed by atoms with Crippen molar-refractivity contribution in [2.45, 2.75) is 6.04 Å². The fourth-order valence-electron chi connectivity index (χ4n) is 4.75. The molecule has 6 rings (SSSR count). The summed E-state index contributed by atoms with van der Waals surface area (Å²) in [6, 6.07) is 25.7. The molecule has 1 aliphatic heterocycles. The van der Waals surface area contributed by atoms with E-state index in [-0.39, 0.29) is 11.3 Å². The number of carbonyl (C=O) groups is 2. The van der Waals surface area contributed by atoms with Gasteiger partial charge in [0.15, 0.2) is 11.5 Å². The van der Waals surface area contributed by atoms with Crippen LogP contribution in [0.3, 0.4) is 0 Å². The molecular formula is C29H17Cl2NO4. The summed E-state index contributed by atoms with van der Waals surface area (Å²) in [6.07, 6.45) is 0. The first-order valence-corrected chi connectivity index (χ1v) is 11.9. The van der Waals surface area contributed by atoms with Gasteiger partial charge in [-0.3, -0.25) is 14.5 Å². The van der Waals surface area contributed by atoms with Crippen LogP contribution in [-0.4, -0.2) is 16.8 Å². The van der Waals surface area contributed by atoms with Crippen molar-refractivity contribution in [1.82, 2.24) is 0 Å². The minimum atomic E-state index is -0.894. The zero-order valence-electron chi connectivity index (χ0n) is 18.6. The van der Waals surface area contributed by atoms with Crippen LogP contribution in [0.2, 0.25) is 10.0 Å². The van der Waals surface area contributed by atoms with Gasteiger partial charge >= 0.3 is 0 Å². The number of rotatable bonds is 4. The lowest BCUT2D eigenvalue weighted by Gasteiger charge is -2.27. The molecule has 5 nitrogen and oxygen atoms in total. The minimum absolute atomic E-state index is 0.00445. The van der Waals surface area contributed by atoms with E-state index < -0.39 is 23.5 Å². The maximum Gasteiger partial charge on any atom is 0.294 e. The molecule has 1 unspecified atom stereocenters. The van der Waals surface area contributed by atoms with Gasteiger partial charge in [0.1, 0.15) is 5.58 Å². The standard InChI is InChI=1S/C29H17Cl2NO4/c30-18-8-11-20(12-9-18)32-26(22-7-3-5-16-4-1-2-6-21(16)22)25(28(34)29(32)35)27(33)24-15-17-14-19(31)10-13-23(17)36-24/h1-15,26,34H. The number of aliphatic hydroxyl groups is 1. The number of amides is 1. The molecule has 36 heavy (non-hydrogen) atoms. The third-order valence-corrected chi connectivity index (χ3v) is 6.86. The average molecular weight is 514 g/mol. The topological polar surface area (TPSA) is 70.8 Å². The second-order valence-corrected chi connectivity index (χ2v) is 9.38. The van der Waals surface area contributed by atoms with E-state index >= 15 is 0 Å². The third-order valence-electron chi connectivity index (χ3n) is 6.38. The normalized spacial score (nSPS) is 15.9. The molecule has 2 heterocycles. The van der Waals surface area contributed by atoms with Crippen LogP contribution < -0.4 is 4.90 Å². The lowest BCUT2D eigenvalue weighted by Crippen LogP contribution is -2.31. The van der Waals surface area contributed by atoms with Gasteiger partial charge in [0, 0.05) is 21.1 Å². The van der Waals surface area contributed by atoms with E-state index in [4.69, 9.17) is 27.6 Å². The van der Waals surface area contributed by atoms with Crippen LogP contribution in [0.15, 0.2) is 107 Å². The summed E-state index contributed by atoms with van der Waals surface area (Å²) in [7, 11) is 0. The highest BCUT2D eigenvalue weighted by atomic mass is 35.5. The van der Waals surface area contributed by atoms with Gasteiger partial charge in [0.2, 0.25) is 5.78 Å². The second kappa shape index (κ2) is 8.55. The van der Waals surface area contributed by atoms with Crippen molar-refractivity contribution in [3.05, 3.63) is 124 Å². The number of benzene rings is 4. The molecule has 1 amide bonds. The van der Waals surface area contributed by atoms with Crippen LogP contribution in [-0.2, 0) is 4.79 Å². The van der Waals surface area contributed by atoms with E-state index in [0.29, 0.717) is 32.3 Å². The lowest BCUT2D eigenvalue weighted by molar-refractivity contribution is -0.117. The lowest BCUT2D eigenvalue weighted by atomic mass is 9.91. The number of ketones is 1. The van der Waals surface area contributed by atoms with Crippen LogP contribution >= 0.6 is 23.2 Å². The van der Waals surface area contributed by atoms with Gasteiger partial charge in [0.05, 0.1) is 11.6 Å². The number of fused-ring (bicyclic) bond motifs is 2. The Bertz CT molecular complexity index is 1710. The molecule has 0 saturated heterocycles. The highest BCUT2D eigenvalue weighted by Gasteiger charge is 2.45. The summed E-state index contributed by atoms with van der Waals surface area (Å²) in [5, 5.41) is 14.5. The fraction of sp³-hybridized carbons (Fsp3) is 0.0345. The molecule has 176 valence electrons. The van der Waals surface area contributed by atoms with Crippen LogP contribution in [0.25, 0.3) is 21.7 Å². The smallest absolute Gasteiger partial charge is 0.294 e. The van der Waals surface area contributed by atoms with Gasteiger partial charge in [-0.2, -0.15) is 0 Å². The zero-order valence-corrected chi connectivity index (χ0v) is 20.1. The molecule has 7 heteroatoms. The van der Waals surface area contributed by atoms with E-state index in [1.165, 1.54) is 4.90 Å². The Kier molecular flexibility index (Phi) is 5.32. The number of hydrogen-bond donors (Lipinski definition) is 1. The predicted octanol–water partition coefficient (Wildman–Crippen LogP) is 7.68. The van der Waals surface area contributed by atoms with Crippen molar-refractivity contribution in [3.63, 3.8) is 0 Å². The molecule has 1 atom stereocenters. The van der Waals surface area contributed by atoms with Crippen molar-refractivity contribution in [2.75, 3.05) is 4.90 Å². The summed E-state index contributed by atoms with van der Waals surface area (Å²) in [5.41, 5.74) is 1.61. The van der Waals surface area contributed by atoms with E-state index in [9.17, 15) is 14.7 Å². The van der Waals surface area contributed by atoms with Crippen molar-refractivity contribution in [1.29, 1.82) is 0 Å². The van der Waals surface area contributed by atoms with Gasteiger partial charge in [-0.1, -0.05) is 65.7 Å². The van der Waals surface area contributed by atoms with Crippen LogP contribution in [0.1, 0.15) is 22.2 Å². The number of hydrogen-bond acceptors (Lipinski definition) is 4. The Balaban J connectivity index is 1.56. The summed E-state index contributed by atoms with van der Waals surface area (Å²) in [4.78, 5) is 28.7. The molecule has 1 aliphatic rings. The molecule has 1 N–H and O–H groups in total. The monoisotopic (exact) mass is 513 g/mol. The number of Topliss-reactive ketones (excluding diaryl/α,β-unsaturated/α-hetero) is 1. The molecule has 1 aromatic heterocycles. The highest BCUT2D eigenvalue weighted by molar-refractivity contribution is 6.31. The Morgan fingerprint density at radius 3 is 2.36 bits per heavy atom. The molecule has 0 spiro atoms. The third kappa shape index (κ3) is 3.56. The Labute approximate surface area is 215 Å². The molecule has 0 bridgehead atoms. The molecular weight excluding hydrogens is 497 g/mol. The quantitative estimate of drug-likeness (QED) is 0.250. The van der Waals surface area contributed by atoms with Crippen molar-refractivity contribution < 1.29 is 19.1 Å². The van der Waals surface area contributed by atoms with E-state index in [1.54, 1.807) is 48.5 Å². The highest BCUT2D eigenvalue weighted by Crippen LogP contribution is 2.44. The molecule has 5 aromatic rings. The summed E-state index contributed by atoms with van der Waals surface area (Å²) in [5.74, 6) is -1.88. The molecule has 0 aliphatic carbocycles. The average Bonchev–Trinajstić information content (AvgIpc) is 3.42. The van der Waals surface area contributed by atoms with E-state index in [0.717, 1.165) is 10.8 Å². The Morgan fingerprint density at radius 2 is 1.56 bits per heavy atom. The van der Waals surface area contributed by atoms with E-state index in [2.05, 4.69) is 0 Å². The summed E-state index contributed by atoms with van der Waals surface area (Å²) >= 11 is 12.2. The first-order valence-electron chi connectivity index (χ1n) is 11.2. The first-order chi connectivity index (χ1) is 17.4. The van der Waals surface area contributed by atoms with Gasteiger partial charge < -0.3 is 9.52 Å². The number of nitrogens with zero attached hydrogens (tertiary/aromatic N) is 1. The van der Waals surface area contributed by atoms with Gasteiger partial charge in [0.25, 0.3) is 5.91 Å². The maximum absolute atomic E-state index is 13.9. The van der Waals surface area contributed by atoms with Gasteiger partial charge in [-0.25, -0.2) is 0 Å². The van der Waals surface area contributed by atoms with Gasteiger partial charge in [-0.15, -0.1) is 0 Å². The van der Waals surface area contributed by atoms with Gasteiger partial charge in [-0.05, 0) is 64.9 Å². The van der Waals surface area contributed by atoms with Crippen molar-refractivity contribution in [2.24, 2.45) is 0 Å². The number of carbonyl (C=O) groups excluding carboxylic acids is 2. The SMILES string of the molecule is O=C(C1=C(O)C(=O)N(c2ccc(Cl)cc2)C1c1cccc2ccccc12)c1cc2cc(Cl)ccc2o1. The first kappa shape index (κ1) is 22.4. The molecule has 0 radical (unpaired) electrons. The number of aliphatic hydroxyl groups excluding tert-OH is 1. The summed E-state index contributed by atoms with van der Waals surface area (Å²) < 4.78 is 5.81. The number of anilines is 1. The Morgan fingerprint density at radius 1 is 0.833 bits per heavy atom. The zero-order chi connectivity index (χ0) is 25.0. The van der Waals surface area contributed by atoms with Crippen LogP contribution in [0, 0.1) is 0 Å². The predicted molar refractivity (Wildman–Crippen MR) is 141 cm³/mol. The summed E-state index contributed by atoms with van der Waals surface area (Å²) in [6.45, 7) is 0. The Hall–Kier alpha value is -4.06. The fourth-order valence-corrected chi connectivity index (χ4v) is 5.05. The number of furan rings is 1. The van der Waals surface area contributed by atoms with Crippen LogP contribution in [0.5, 0.6) is 0 Å². The molecule has 4 aromatic carbocycles. The largest absolute Gasteiger partial charge is 0.503 e. The van der Waals surface area contributed by atoms with E-state index in [1.807, 2.05) is 42.5 Å². The van der Waals surface area contributed by atoms with Crippen LogP contribution in [0.4, 0.5) is 5.69 Å². The minimum Gasteiger partial charge on any atom is -0.503 e.